The average molecular weight is 210 g/mol. The lowest BCUT2D eigenvalue weighted by Gasteiger charge is -2.05. The van der Waals surface area contributed by atoms with Crippen LogP contribution in [0.5, 0.6) is 5.75 Å². The highest BCUT2D eigenvalue weighted by molar-refractivity contribution is 5.77. The lowest BCUT2D eigenvalue weighted by atomic mass is 10.4. The SMILES string of the molecule is O=C(COc1cccnc1)NCCCO. The molecule has 1 aromatic rings. The Bertz CT molecular complexity index is 290. The second-order valence-corrected chi connectivity index (χ2v) is 2.90. The molecule has 15 heavy (non-hydrogen) atoms. The van der Waals surface area contributed by atoms with Crippen molar-refractivity contribution in [1.29, 1.82) is 0 Å². The molecule has 0 fully saturated rings. The normalized spacial score (nSPS) is 9.67. The monoisotopic (exact) mass is 210 g/mol. The third-order valence-corrected chi connectivity index (χ3v) is 1.66. The first-order chi connectivity index (χ1) is 7.33. The van der Waals surface area contributed by atoms with Crippen LogP contribution in [0.4, 0.5) is 0 Å². The smallest absolute Gasteiger partial charge is 0.257 e. The van der Waals surface area contributed by atoms with Crippen LogP contribution >= 0.6 is 0 Å². The van der Waals surface area contributed by atoms with E-state index in [0.29, 0.717) is 18.7 Å². The highest BCUT2D eigenvalue weighted by Crippen LogP contribution is 2.05. The molecule has 0 radical (unpaired) electrons. The summed E-state index contributed by atoms with van der Waals surface area (Å²) < 4.78 is 5.16. The molecule has 82 valence electrons. The third kappa shape index (κ3) is 4.97. The number of hydrogen-bond acceptors (Lipinski definition) is 4. The first-order valence-electron chi connectivity index (χ1n) is 4.73. The van der Waals surface area contributed by atoms with E-state index in [9.17, 15) is 4.79 Å². The Hall–Kier alpha value is -1.62. The van der Waals surface area contributed by atoms with Crippen molar-refractivity contribution in [3.8, 4) is 5.75 Å². The molecule has 0 aliphatic carbocycles. The number of amides is 1. The Morgan fingerprint density at radius 3 is 3.13 bits per heavy atom. The van der Waals surface area contributed by atoms with Crippen molar-refractivity contribution in [3.05, 3.63) is 24.5 Å². The lowest BCUT2D eigenvalue weighted by molar-refractivity contribution is -0.123. The van der Waals surface area contributed by atoms with Crippen LogP contribution in [-0.4, -0.2) is 35.8 Å². The number of aliphatic hydroxyl groups is 1. The summed E-state index contributed by atoms with van der Waals surface area (Å²) in [5, 5.41) is 11.1. The minimum Gasteiger partial charge on any atom is -0.482 e. The molecule has 1 aromatic heterocycles. The summed E-state index contributed by atoms with van der Waals surface area (Å²) in [6, 6.07) is 3.47. The van der Waals surface area contributed by atoms with Gasteiger partial charge in [-0.15, -0.1) is 0 Å². The number of ether oxygens (including phenoxy) is 1. The second kappa shape index (κ2) is 6.78. The fraction of sp³-hybridized carbons (Fsp3) is 0.400. The predicted molar refractivity (Wildman–Crippen MR) is 54.4 cm³/mol. The molecule has 0 aliphatic heterocycles. The number of pyridine rings is 1. The molecule has 0 atom stereocenters. The van der Waals surface area contributed by atoms with Crippen LogP contribution in [0.15, 0.2) is 24.5 Å². The molecule has 0 aromatic carbocycles. The molecular formula is C10H14N2O3. The van der Waals surface area contributed by atoms with Gasteiger partial charge in [0.2, 0.25) is 0 Å². The molecule has 0 spiro atoms. The maximum atomic E-state index is 11.2. The van der Waals surface area contributed by atoms with Crippen molar-refractivity contribution >= 4 is 5.91 Å². The van der Waals surface area contributed by atoms with Gasteiger partial charge in [0, 0.05) is 19.3 Å². The van der Waals surface area contributed by atoms with Crippen LogP contribution in [0.1, 0.15) is 6.42 Å². The fourth-order valence-electron chi connectivity index (χ4n) is 0.939. The number of carbonyl (C=O) groups is 1. The summed E-state index contributed by atoms with van der Waals surface area (Å²) in [5.74, 6) is 0.363. The first kappa shape index (κ1) is 11.5. The van der Waals surface area contributed by atoms with Crippen molar-refractivity contribution in [2.45, 2.75) is 6.42 Å². The Kier molecular flexibility index (Phi) is 5.18. The standard InChI is InChI=1S/C10H14N2O3/c13-6-2-5-12-10(14)8-15-9-3-1-4-11-7-9/h1,3-4,7,13H,2,5-6,8H2,(H,12,14). The van der Waals surface area contributed by atoms with E-state index in [-0.39, 0.29) is 19.1 Å². The van der Waals surface area contributed by atoms with Crippen LogP contribution in [0.2, 0.25) is 0 Å². The molecule has 0 aliphatic rings. The lowest BCUT2D eigenvalue weighted by Crippen LogP contribution is -2.30. The molecular weight excluding hydrogens is 196 g/mol. The van der Waals surface area contributed by atoms with E-state index < -0.39 is 0 Å². The minimum absolute atomic E-state index is 0.0306. The van der Waals surface area contributed by atoms with E-state index in [0.717, 1.165) is 0 Å². The van der Waals surface area contributed by atoms with Gasteiger partial charge in [0.05, 0.1) is 6.20 Å². The average Bonchev–Trinajstić information content (AvgIpc) is 2.28. The molecule has 0 saturated carbocycles. The van der Waals surface area contributed by atoms with Crippen LogP contribution in [-0.2, 0) is 4.79 Å². The van der Waals surface area contributed by atoms with Crippen molar-refractivity contribution in [2.75, 3.05) is 19.8 Å². The molecule has 1 heterocycles. The van der Waals surface area contributed by atoms with Crippen LogP contribution in [0, 0.1) is 0 Å². The third-order valence-electron chi connectivity index (χ3n) is 1.66. The van der Waals surface area contributed by atoms with Crippen molar-refractivity contribution in [3.63, 3.8) is 0 Å². The van der Waals surface area contributed by atoms with Gasteiger partial charge in [-0.1, -0.05) is 0 Å². The highest BCUT2D eigenvalue weighted by atomic mass is 16.5. The summed E-state index contributed by atoms with van der Waals surface area (Å²) in [5.41, 5.74) is 0. The highest BCUT2D eigenvalue weighted by Gasteiger charge is 2.01. The predicted octanol–water partition coefficient (Wildman–Crippen LogP) is -0.0410. The first-order valence-corrected chi connectivity index (χ1v) is 4.73. The van der Waals surface area contributed by atoms with Gasteiger partial charge in [-0.3, -0.25) is 9.78 Å². The van der Waals surface area contributed by atoms with Crippen LogP contribution < -0.4 is 10.1 Å². The van der Waals surface area contributed by atoms with Gasteiger partial charge in [0.25, 0.3) is 5.91 Å². The van der Waals surface area contributed by atoms with Crippen molar-refractivity contribution in [2.24, 2.45) is 0 Å². The summed E-state index contributed by atoms with van der Waals surface area (Å²) in [6.07, 6.45) is 3.73. The number of aliphatic hydroxyl groups excluding tert-OH is 1. The number of nitrogens with zero attached hydrogens (tertiary/aromatic N) is 1. The van der Waals surface area contributed by atoms with Crippen LogP contribution in [0.25, 0.3) is 0 Å². The van der Waals surface area contributed by atoms with E-state index in [2.05, 4.69) is 10.3 Å². The zero-order valence-electron chi connectivity index (χ0n) is 8.35. The van der Waals surface area contributed by atoms with Gasteiger partial charge in [-0.2, -0.15) is 0 Å². The largest absolute Gasteiger partial charge is 0.482 e. The maximum absolute atomic E-state index is 11.2. The Morgan fingerprint density at radius 1 is 1.60 bits per heavy atom. The summed E-state index contributed by atoms with van der Waals surface area (Å²) >= 11 is 0. The number of aromatic nitrogens is 1. The van der Waals surface area contributed by atoms with Gasteiger partial charge in [0.1, 0.15) is 5.75 Å². The Labute approximate surface area is 88.1 Å². The van der Waals surface area contributed by atoms with E-state index in [1.807, 2.05) is 0 Å². The molecule has 0 unspecified atom stereocenters. The zero-order chi connectivity index (χ0) is 10.9. The van der Waals surface area contributed by atoms with Gasteiger partial charge in [0.15, 0.2) is 6.61 Å². The number of hydrogen-bond donors (Lipinski definition) is 2. The van der Waals surface area contributed by atoms with Crippen LogP contribution in [0.3, 0.4) is 0 Å². The van der Waals surface area contributed by atoms with E-state index in [1.165, 1.54) is 0 Å². The Morgan fingerprint density at radius 2 is 2.47 bits per heavy atom. The summed E-state index contributed by atoms with van der Waals surface area (Å²) in [7, 11) is 0. The molecule has 1 rings (SSSR count). The van der Waals surface area contributed by atoms with Gasteiger partial charge in [-0.05, 0) is 18.6 Å². The van der Waals surface area contributed by atoms with E-state index in [4.69, 9.17) is 9.84 Å². The number of carbonyl (C=O) groups excluding carboxylic acids is 1. The van der Waals surface area contributed by atoms with Gasteiger partial charge >= 0.3 is 0 Å². The van der Waals surface area contributed by atoms with Crippen molar-refractivity contribution < 1.29 is 14.6 Å². The van der Waals surface area contributed by atoms with Crippen molar-refractivity contribution in [1.82, 2.24) is 10.3 Å². The molecule has 5 nitrogen and oxygen atoms in total. The van der Waals surface area contributed by atoms with Gasteiger partial charge in [-0.25, -0.2) is 0 Å². The summed E-state index contributed by atoms with van der Waals surface area (Å²) in [4.78, 5) is 15.0. The van der Waals surface area contributed by atoms with Gasteiger partial charge < -0.3 is 15.2 Å². The van der Waals surface area contributed by atoms with E-state index in [1.54, 1.807) is 24.5 Å². The zero-order valence-corrected chi connectivity index (χ0v) is 8.35. The number of nitrogens with one attached hydrogen (secondary N) is 1. The summed E-state index contributed by atoms with van der Waals surface area (Å²) in [6.45, 7) is 0.507. The fourth-order valence-corrected chi connectivity index (χ4v) is 0.939. The number of rotatable bonds is 6. The molecule has 2 N–H and O–H groups in total. The molecule has 1 amide bonds. The van der Waals surface area contributed by atoms with E-state index >= 15 is 0 Å². The maximum Gasteiger partial charge on any atom is 0.257 e. The quantitative estimate of drug-likeness (QED) is 0.646. The minimum atomic E-state index is -0.202. The molecule has 0 saturated heterocycles. The molecule has 0 bridgehead atoms. The Balaban J connectivity index is 2.17. The molecule has 5 heteroatoms. The topological polar surface area (TPSA) is 71.5 Å². The second-order valence-electron chi connectivity index (χ2n) is 2.90.